The monoisotopic (exact) mass is 395 g/mol. The van der Waals surface area contributed by atoms with Gasteiger partial charge in [0.1, 0.15) is 17.7 Å². The highest BCUT2D eigenvalue weighted by atomic mass is 127. The lowest BCUT2D eigenvalue weighted by Gasteiger charge is -2.16. The average molecular weight is 395 g/mol. The van der Waals surface area contributed by atoms with Crippen LogP contribution in [0.2, 0.25) is 0 Å². The maximum absolute atomic E-state index is 13.0. The SMILES string of the molecule is CCCNC(N)=NCC(CC)Oc1cccc(F)c1.I. The second kappa shape index (κ2) is 10.7. The van der Waals surface area contributed by atoms with Crippen LogP contribution in [0.5, 0.6) is 5.75 Å². The third kappa shape index (κ3) is 7.52. The molecule has 0 fully saturated rings. The van der Waals surface area contributed by atoms with Crippen LogP contribution in [-0.4, -0.2) is 25.2 Å². The van der Waals surface area contributed by atoms with Crippen molar-refractivity contribution in [2.24, 2.45) is 10.7 Å². The first kappa shape index (κ1) is 18.9. The first-order chi connectivity index (χ1) is 9.15. The number of guanidine groups is 1. The van der Waals surface area contributed by atoms with Crippen LogP contribution in [0.15, 0.2) is 29.3 Å². The molecule has 0 radical (unpaired) electrons. The quantitative estimate of drug-likeness (QED) is 0.424. The first-order valence-electron chi connectivity index (χ1n) is 6.61. The van der Waals surface area contributed by atoms with E-state index in [1.54, 1.807) is 12.1 Å². The Morgan fingerprint density at radius 2 is 2.20 bits per heavy atom. The fourth-order valence-electron chi connectivity index (χ4n) is 1.49. The summed E-state index contributed by atoms with van der Waals surface area (Å²) >= 11 is 0. The molecule has 1 atom stereocenters. The molecule has 1 unspecified atom stereocenters. The summed E-state index contributed by atoms with van der Waals surface area (Å²) in [5.74, 6) is 0.630. The van der Waals surface area contributed by atoms with E-state index in [1.807, 2.05) is 6.92 Å². The minimum Gasteiger partial charge on any atom is -0.488 e. The van der Waals surface area contributed by atoms with Gasteiger partial charge in [0.2, 0.25) is 0 Å². The normalized spacial score (nSPS) is 12.4. The molecule has 0 aliphatic carbocycles. The highest BCUT2D eigenvalue weighted by molar-refractivity contribution is 14.0. The number of nitrogens with zero attached hydrogens (tertiary/aromatic N) is 1. The van der Waals surface area contributed by atoms with Gasteiger partial charge in [0.05, 0.1) is 6.54 Å². The smallest absolute Gasteiger partial charge is 0.188 e. The summed E-state index contributed by atoms with van der Waals surface area (Å²) in [4.78, 5) is 4.22. The maximum atomic E-state index is 13.0. The van der Waals surface area contributed by atoms with Crippen molar-refractivity contribution < 1.29 is 9.13 Å². The molecule has 114 valence electrons. The summed E-state index contributed by atoms with van der Waals surface area (Å²) in [7, 11) is 0. The highest BCUT2D eigenvalue weighted by Crippen LogP contribution is 2.15. The van der Waals surface area contributed by atoms with Gasteiger partial charge in [-0.15, -0.1) is 24.0 Å². The molecule has 20 heavy (non-hydrogen) atoms. The Bertz CT molecular complexity index is 415. The summed E-state index contributed by atoms with van der Waals surface area (Å²) in [6.45, 7) is 5.31. The van der Waals surface area contributed by atoms with E-state index >= 15 is 0 Å². The summed E-state index contributed by atoms with van der Waals surface area (Å²) < 4.78 is 18.7. The summed E-state index contributed by atoms with van der Waals surface area (Å²) in [6, 6.07) is 6.11. The van der Waals surface area contributed by atoms with Crippen LogP contribution >= 0.6 is 24.0 Å². The number of benzene rings is 1. The van der Waals surface area contributed by atoms with E-state index in [9.17, 15) is 4.39 Å². The largest absolute Gasteiger partial charge is 0.488 e. The third-order valence-electron chi connectivity index (χ3n) is 2.58. The zero-order chi connectivity index (χ0) is 14.1. The Hall–Kier alpha value is -1.05. The molecule has 3 N–H and O–H groups in total. The molecule has 1 rings (SSSR count). The van der Waals surface area contributed by atoms with Crippen LogP contribution in [0.1, 0.15) is 26.7 Å². The molecule has 0 aromatic heterocycles. The second-order valence-corrected chi connectivity index (χ2v) is 4.26. The molecular formula is C14H23FIN3O. The lowest BCUT2D eigenvalue weighted by molar-refractivity contribution is 0.205. The third-order valence-corrected chi connectivity index (χ3v) is 2.58. The second-order valence-electron chi connectivity index (χ2n) is 4.26. The number of nitrogens with two attached hydrogens (primary N) is 1. The van der Waals surface area contributed by atoms with Crippen molar-refractivity contribution in [1.82, 2.24) is 5.32 Å². The summed E-state index contributed by atoms with van der Waals surface area (Å²) in [5.41, 5.74) is 5.70. The number of aliphatic imine (C=N–C) groups is 1. The molecule has 1 aromatic carbocycles. The van der Waals surface area contributed by atoms with Crippen molar-refractivity contribution >= 4 is 29.9 Å². The molecule has 0 aliphatic rings. The van der Waals surface area contributed by atoms with Gasteiger partial charge in [-0.25, -0.2) is 9.38 Å². The van der Waals surface area contributed by atoms with Crippen molar-refractivity contribution in [1.29, 1.82) is 0 Å². The number of hydrogen-bond acceptors (Lipinski definition) is 2. The van der Waals surface area contributed by atoms with Crippen molar-refractivity contribution in [3.8, 4) is 5.75 Å². The van der Waals surface area contributed by atoms with E-state index in [0.29, 0.717) is 18.3 Å². The van der Waals surface area contributed by atoms with Gasteiger partial charge in [-0.2, -0.15) is 0 Å². The Balaban J connectivity index is 0.00000361. The van der Waals surface area contributed by atoms with Crippen molar-refractivity contribution in [2.75, 3.05) is 13.1 Å². The van der Waals surface area contributed by atoms with E-state index in [0.717, 1.165) is 19.4 Å². The van der Waals surface area contributed by atoms with Crippen LogP contribution in [0.4, 0.5) is 4.39 Å². The summed E-state index contributed by atoms with van der Waals surface area (Å²) in [5, 5.41) is 3.00. The molecule has 0 saturated heterocycles. The average Bonchev–Trinajstić information content (AvgIpc) is 2.41. The van der Waals surface area contributed by atoms with Gasteiger partial charge in [0.25, 0.3) is 0 Å². The molecule has 6 heteroatoms. The molecule has 0 bridgehead atoms. The number of nitrogens with one attached hydrogen (secondary N) is 1. The Morgan fingerprint density at radius 1 is 1.45 bits per heavy atom. The molecule has 0 heterocycles. The van der Waals surface area contributed by atoms with Crippen LogP contribution in [0.3, 0.4) is 0 Å². The zero-order valence-corrected chi connectivity index (χ0v) is 14.3. The topological polar surface area (TPSA) is 59.6 Å². The highest BCUT2D eigenvalue weighted by Gasteiger charge is 2.08. The van der Waals surface area contributed by atoms with Crippen LogP contribution in [-0.2, 0) is 0 Å². The zero-order valence-electron chi connectivity index (χ0n) is 11.9. The summed E-state index contributed by atoms with van der Waals surface area (Å²) in [6.07, 6.45) is 1.66. The van der Waals surface area contributed by atoms with Crippen molar-refractivity contribution in [2.45, 2.75) is 32.8 Å². The Kier molecular flexibility index (Phi) is 10.1. The van der Waals surface area contributed by atoms with E-state index in [-0.39, 0.29) is 35.9 Å². The van der Waals surface area contributed by atoms with Crippen LogP contribution in [0.25, 0.3) is 0 Å². The number of hydrogen-bond donors (Lipinski definition) is 2. The molecule has 0 amide bonds. The van der Waals surface area contributed by atoms with Gasteiger partial charge in [0, 0.05) is 12.6 Å². The molecule has 0 aliphatic heterocycles. The van der Waals surface area contributed by atoms with Gasteiger partial charge in [-0.1, -0.05) is 19.9 Å². The molecule has 4 nitrogen and oxygen atoms in total. The fraction of sp³-hybridized carbons (Fsp3) is 0.500. The predicted molar refractivity (Wildman–Crippen MR) is 91.3 cm³/mol. The van der Waals surface area contributed by atoms with Gasteiger partial charge < -0.3 is 15.8 Å². The van der Waals surface area contributed by atoms with Crippen LogP contribution < -0.4 is 15.8 Å². The Morgan fingerprint density at radius 3 is 2.80 bits per heavy atom. The molecule has 1 aromatic rings. The van der Waals surface area contributed by atoms with E-state index in [4.69, 9.17) is 10.5 Å². The minimum atomic E-state index is -0.306. The van der Waals surface area contributed by atoms with E-state index < -0.39 is 0 Å². The lowest BCUT2D eigenvalue weighted by Crippen LogP contribution is -2.33. The first-order valence-corrected chi connectivity index (χ1v) is 6.61. The molecule has 0 saturated carbocycles. The standard InChI is InChI=1S/C14H22FN3O.HI/c1-3-8-17-14(16)18-10-12(4-2)19-13-7-5-6-11(15)9-13;/h5-7,9,12H,3-4,8,10H2,1-2H3,(H3,16,17,18);1H. The minimum absolute atomic E-state index is 0. The van der Waals surface area contributed by atoms with Gasteiger partial charge >= 0.3 is 0 Å². The van der Waals surface area contributed by atoms with Gasteiger partial charge in [-0.05, 0) is 25.0 Å². The molecular weight excluding hydrogens is 372 g/mol. The van der Waals surface area contributed by atoms with Crippen molar-refractivity contribution in [3.05, 3.63) is 30.1 Å². The van der Waals surface area contributed by atoms with E-state index in [1.165, 1.54) is 12.1 Å². The predicted octanol–water partition coefficient (Wildman–Crippen LogP) is 2.92. The number of ether oxygens (including phenoxy) is 1. The van der Waals surface area contributed by atoms with Gasteiger partial charge in [-0.3, -0.25) is 0 Å². The van der Waals surface area contributed by atoms with Gasteiger partial charge in [0.15, 0.2) is 5.96 Å². The van der Waals surface area contributed by atoms with Crippen LogP contribution in [0, 0.1) is 5.82 Å². The van der Waals surface area contributed by atoms with Crippen molar-refractivity contribution in [3.63, 3.8) is 0 Å². The number of halogens is 2. The van der Waals surface area contributed by atoms with E-state index in [2.05, 4.69) is 17.2 Å². The Labute approximate surface area is 137 Å². The molecule has 0 spiro atoms. The fourth-order valence-corrected chi connectivity index (χ4v) is 1.49. The lowest BCUT2D eigenvalue weighted by atomic mass is 10.2. The maximum Gasteiger partial charge on any atom is 0.188 e. The number of rotatable bonds is 7.